The minimum atomic E-state index is -3.84. The summed E-state index contributed by atoms with van der Waals surface area (Å²) in [5.41, 5.74) is -0.365. The number of aliphatic hydroxyl groups excluding tert-OH is 1. The number of hydrogen-bond donors (Lipinski definition) is 1. The van der Waals surface area contributed by atoms with Gasteiger partial charge in [-0.05, 0) is 19.1 Å². The summed E-state index contributed by atoms with van der Waals surface area (Å²) in [5.74, 6) is -2.00. The van der Waals surface area contributed by atoms with Crippen molar-refractivity contribution < 1.29 is 22.3 Å². The molecule has 0 aliphatic rings. The minimum Gasteiger partial charge on any atom is -0.389 e. The van der Waals surface area contributed by atoms with Crippen molar-refractivity contribution in [3.8, 4) is 0 Å². The first-order valence-corrected chi connectivity index (χ1v) is 5.99. The van der Waals surface area contributed by atoms with E-state index in [0.29, 0.717) is 6.07 Å². The van der Waals surface area contributed by atoms with Crippen LogP contribution in [0.3, 0.4) is 0 Å². The van der Waals surface area contributed by atoms with Crippen molar-refractivity contribution in [3.05, 3.63) is 29.3 Å². The van der Waals surface area contributed by atoms with Crippen LogP contribution in [0.15, 0.2) is 17.0 Å². The molecule has 0 aromatic heterocycles. The Labute approximate surface area is 86.3 Å². The van der Waals surface area contributed by atoms with Gasteiger partial charge in [0, 0.05) is 11.8 Å². The molecule has 0 bridgehead atoms. The first-order chi connectivity index (χ1) is 6.73. The maximum Gasteiger partial charge on any atom is 0.178 e. The summed E-state index contributed by atoms with van der Waals surface area (Å²) in [5, 5.41) is 9.12. The summed E-state index contributed by atoms with van der Waals surface area (Å²) < 4.78 is 48.6. The zero-order valence-corrected chi connectivity index (χ0v) is 8.98. The maximum absolute atomic E-state index is 13.5. The van der Waals surface area contributed by atoms with Gasteiger partial charge in [0.1, 0.15) is 16.5 Å². The average molecular weight is 236 g/mol. The zero-order chi connectivity index (χ0) is 11.8. The van der Waals surface area contributed by atoms with Crippen LogP contribution >= 0.6 is 0 Å². The normalized spacial score (nSPS) is 13.9. The van der Waals surface area contributed by atoms with Crippen molar-refractivity contribution in [1.82, 2.24) is 0 Å². The highest BCUT2D eigenvalue weighted by molar-refractivity contribution is 7.90. The molecule has 15 heavy (non-hydrogen) atoms. The smallest absolute Gasteiger partial charge is 0.178 e. The molecule has 0 aliphatic carbocycles. The second-order valence-electron chi connectivity index (χ2n) is 3.26. The highest BCUT2D eigenvalue weighted by Gasteiger charge is 2.20. The van der Waals surface area contributed by atoms with Crippen molar-refractivity contribution in [2.45, 2.75) is 17.9 Å². The van der Waals surface area contributed by atoms with Gasteiger partial charge in [0.15, 0.2) is 9.84 Å². The van der Waals surface area contributed by atoms with Crippen LogP contribution in [0, 0.1) is 11.6 Å². The van der Waals surface area contributed by atoms with E-state index in [2.05, 4.69) is 0 Å². The van der Waals surface area contributed by atoms with E-state index in [1.807, 2.05) is 0 Å². The van der Waals surface area contributed by atoms with Crippen molar-refractivity contribution in [1.29, 1.82) is 0 Å². The molecule has 0 heterocycles. The monoisotopic (exact) mass is 236 g/mol. The highest BCUT2D eigenvalue weighted by atomic mass is 32.2. The molecule has 1 atom stereocenters. The number of sulfone groups is 1. The fraction of sp³-hybridized carbons (Fsp3) is 0.333. The van der Waals surface area contributed by atoms with Crippen molar-refractivity contribution in [2.75, 3.05) is 6.26 Å². The predicted octanol–water partition coefficient (Wildman–Crippen LogP) is 1.42. The van der Waals surface area contributed by atoms with Crippen LogP contribution in [-0.4, -0.2) is 19.8 Å². The lowest BCUT2D eigenvalue weighted by molar-refractivity contribution is 0.192. The molecule has 0 spiro atoms. The SMILES string of the molecule is CC(O)c1cc(F)cc(S(C)(=O)=O)c1F. The molecular formula is C9H10F2O3S. The summed E-state index contributed by atoms with van der Waals surface area (Å²) in [7, 11) is -3.84. The van der Waals surface area contributed by atoms with Gasteiger partial charge in [-0.3, -0.25) is 0 Å². The molecular weight excluding hydrogens is 226 g/mol. The van der Waals surface area contributed by atoms with Crippen molar-refractivity contribution in [2.24, 2.45) is 0 Å². The number of halogens is 2. The fourth-order valence-corrected chi connectivity index (χ4v) is 1.93. The molecule has 0 radical (unpaired) electrons. The Kier molecular flexibility index (Phi) is 3.11. The molecule has 1 unspecified atom stereocenters. The number of hydrogen-bond acceptors (Lipinski definition) is 3. The Hall–Kier alpha value is -1.01. The second-order valence-corrected chi connectivity index (χ2v) is 5.24. The molecule has 0 aliphatic heterocycles. The van der Waals surface area contributed by atoms with Gasteiger partial charge in [-0.15, -0.1) is 0 Å². The number of benzene rings is 1. The van der Waals surface area contributed by atoms with Crippen LogP contribution in [0.4, 0.5) is 8.78 Å². The quantitative estimate of drug-likeness (QED) is 0.845. The standard InChI is InChI=1S/C9H10F2O3S/c1-5(12)7-3-6(10)4-8(9(7)11)15(2,13)14/h3-5,12H,1-2H3. The molecule has 0 saturated heterocycles. The third-order valence-electron chi connectivity index (χ3n) is 1.88. The molecule has 0 amide bonds. The Balaban J connectivity index is 3.56. The molecule has 3 nitrogen and oxygen atoms in total. The summed E-state index contributed by atoms with van der Waals surface area (Å²) in [6.07, 6.45) is -0.488. The van der Waals surface area contributed by atoms with Gasteiger partial charge in [0.2, 0.25) is 0 Å². The fourth-order valence-electron chi connectivity index (χ4n) is 1.16. The lowest BCUT2D eigenvalue weighted by Gasteiger charge is -2.09. The molecule has 1 N–H and O–H groups in total. The first-order valence-electron chi connectivity index (χ1n) is 4.10. The maximum atomic E-state index is 13.5. The van der Waals surface area contributed by atoms with E-state index in [1.165, 1.54) is 6.92 Å². The molecule has 84 valence electrons. The van der Waals surface area contributed by atoms with E-state index in [4.69, 9.17) is 5.11 Å². The van der Waals surface area contributed by atoms with Gasteiger partial charge < -0.3 is 5.11 Å². The van der Waals surface area contributed by atoms with E-state index in [0.717, 1.165) is 12.3 Å². The van der Waals surface area contributed by atoms with E-state index in [1.54, 1.807) is 0 Å². The average Bonchev–Trinajstić information content (AvgIpc) is 2.06. The van der Waals surface area contributed by atoms with E-state index in [-0.39, 0.29) is 5.56 Å². The van der Waals surface area contributed by atoms with Crippen LogP contribution in [-0.2, 0) is 9.84 Å². The summed E-state index contributed by atoms with van der Waals surface area (Å²) >= 11 is 0. The van der Waals surface area contributed by atoms with Crippen LogP contribution in [0.25, 0.3) is 0 Å². The zero-order valence-electron chi connectivity index (χ0n) is 8.16. The Bertz CT molecular complexity index is 480. The summed E-state index contributed by atoms with van der Waals surface area (Å²) in [6, 6.07) is 1.37. The third kappa shape index (κ3) is 2.51. The molecule has 1 aromatic carbocycles. The summed E-state index contributed by atoms with van der Waals surface area (Å²) in [6.45, 7) is 1.23. The van der Waals surface area contributed by atoms with E-state index >= 15 is 0 Å². The topological polar surface area (TPSA) is 54.4 Å². The lowest BCUT2D eigenvalue weighted by atomic mass is 10.1. The molecule has 1 rings (SSSR count). The van der Waals surface area contributed by atoms with Crippen LogP contribution in [0.1, 0.15) is 18.6 Å². The highest BCUT2D eigenvalue weighted by Crippen LogP contribution is 2.24. The molecule has 0 saturated carbocycles. The Morgan fingerprint density at radius 3 is 2.27 bits per heavy atom. The van der Waals surface area contributed by atoms with Crippen LogP contribution in [0.5, 0.6) is 0 Å². The molecule has 0 fully saturated rings. The Morgan fingerprint density at radius 1 is 1.33 bits per heavy atom. The van der Waals surface area contributed by atoms with E-state index < -0.39 is 32.5 Å². The second kappa shape index (κ2) is 3.86. The molecule has 1 aromatic rings. The number of rotatable bonds is 2. The van der Waals surface area contributed by atoms with Gasteiger partial charge in [0.05, 0.1) is 6.10 Å². The minimum absolute atomic E-state index is 0.365. The van der Waals surface area contributed by atoms with Gasteiger partial charge in [0.25, 0.3) is 0 Å². The van der Waals surface area contributed by atoms with Crippen molar-refractivity contribution in [3.63, 3.8) is 0 Å². The van der Waals surface area contributed by atoms with Gasteiger partial charge in [-0.25, -0.2) is 17.2 Å². The van der Waals surface area contributed by atoms with Gasteiger partial charge in [-0.1, -0.05) is 0 Å². The van der Waals surface area contributed by atoms with Crippen LogP contribution in [0.2, 0.25) is 0 Å². The first kappa shape index (κ1) is 12.1. The number of aliphatic hydroxyl groups is 1. The van der Waals surface area contributed by atoms with Gasteiger partial charge in [-0.2, -0.15) is 0 Å². The van der Waals surface area contributed by atoms with Gasteiger partial charge >= 0.3 is 0 Å². The molecule has 6 heteroatoms. The largest absolute Gasteiger partial charge is 0.389 e. The third-order valence-corrected chi connectivity index (χ3v) is 2.98. The lowest BCUT2D eigenvalue weighted by Crippen LogP contribution is -2.06. The summed E-state index contributed by atoms with van der Waals surface area (Å²) in [4.78, 5) is -0.738. The van der Waals surface area contributed by atoms with E-state index in [9.17, 15) is 17.2 Å². The Morgan fingerprint density at radius 2 is 1.87 bits per heavy atom. The van der Waals surface area contributed by atoms with Crippen molar-refractivity contribution >= 4 is 9.84 Å². The van der Waals surface area contributed by atoms with Crippen LogP contribution < -0.4 is 0 Å². The predicted molar refractivity (Wildman–Crippen MR) is 50.1 cm³/mol.